The van der Waals surface area contributed by atoms with Crippen molar-refractivity contribution in [3.8, 4) is 5.75 Å². The molecule has 0 atom stereocenters. The van der Waals surface area contributed by atoms with E-state index in [-0.39, 0.29) is 5.92 Å². The smallest absolute Gasteiger partial charge is 0.229 e. The number of ether oxygens (including phenoxy) is 1. The molecule has 2 aromatic carbocycles. The first-order chi connectivity index (χ1) is 15.9. The molecule has 0 spiro atoms. The Morgan fingerprint density at radius 1 is 0.970 bits per heavy atom. The molecule has 3 aromatic rings. The molecular weight excluding hydrogens is 436 g/mol. The van der Waals surface area contributed by atoms with E-state index in [1.165, 1.54) is 5.69 Å². The molecule has 0 saturated carbocycles. The van der Waals surface area contributed by atoms with Gasteiger partial charge in [-0.1, -0.05) is 25.4 Å². The second-order valence-electron chi connectivity index (χ2n) is 8.59. The van der Waals surface area contributed by atoms with E-state index in [4.69, 9.17) is 21.3 Å². The number of halogens is 1. The number of likely N-dealkylation sites (N-methyl/N-ethyl adjacent to an activating group) is 1. The lowest BCUT2D eigenvalue weighted by atomic mass is 10.1. The van der Waals surface area contributed by atoms with Crippen molar-refractivity contribution < 1.29 is 4.74 Å². The summed E-state index contributed by atoms with van der Waals surface area (Å²) >= 11 is 6.17. The molecule has 2 N–H and O–H groups in total. The summed E-state index contributed by atoms with van der Waals surface area (Å²) in [4.78, 5) is 14.1. The van der Waals surface area contributed by atoms with Crippen LogP contribution in [0, 0.1) is 0 Å². The van der Waals surface area contributed by atoms with Crippen LogP contribution in [0.15, 0.2) is 48.7 Å². The molecule has 4 rings (SSSR count). The molecule has 1 saturated heterocycles. The van der Waals surface area contributed by atoms with Crippen molar-refractivity contribution >= 4 is 40.4 Å². The molecule has 7 nitrogen and oxygen atoms in total. The molecule has 1 fully saturated rings. The maximum absolute atomic E-state index is 6.17. The van der Waals surface area contributed by atoms with Crippen molar-refractivity contribution in [1.82, 2.24) is 14.9 Å². The van der Waals surface area contributed by atoms with Gasteiger partial charge in [0.2, 0.25) is 5.95 Å². The highest BCUT2D eigenvalue weighted by atomic mass is 35.5. The minimum Gasteiger partial charge on any atom is -0.495 e. The fraction of sp³-hybridized carbons (Fsp3) is 0.360. The minimum atomic E-state index is 0.263. The summed E-state index contributed by atoms with van der Waals surface area (Å²) in [5.74, 6) is 2.16. The van der Waals surface area contributed by atoms with Gasteiger partial charge in [0.15, 0.2) is 0 Å². The summed E-state index contributed by atoms with van der Waals surface area (Å²) < 4.78 is 5.34. The number of rotatable bonds is 7. The van der Waals surface area contributed by atoms with E-state index < -0.39 is 0 Å². The van der Waals surface area contributed by atoms with E-state index in [1.807, 2.05) is 18.3 Å². The van der Waals surface area contributed by atoms with E-state index in [9.17, 15) is 0 Å². The zero-order valence-electron chi connectivity index (χ0n) is 19.6. The van der Waals surface area contributed by atoms with Crippen molar-refractivity contribution in [2.75, 3.05) is 55.9 Å². The highest BCUT2D eigenvalue weighted by Crippen LogP contribution is 2.31. The first-order valence-corrected chi connectivity index (χ1v) is 11.6. The standard InChI is InChI=1S/C25H31ClN6O/c1-17(2)21-16-27-25(30-24(21)28-19-7-10-22(26)23(15-19)33-4)29-18-5-8-20(9-6-18)32-13-11-31(3)12-14-32/h5-10,15-17H,11-14H2,1-4H3,(H2,27,28,29,30). The maximum Gasteiger partial charge on any atom is 0.229 e. The molecular formula is C25H31ClN6O. The molecule has 0 bridgehead atoms. The molecule has 174 valence electrons. The first-order valence-electron chi connectivity index (χ1n) is 11.2. The fourth-order valence-electron chi connectivity index (χ4n) is 3.80. The monoisotopic (exact) mass is 466 g/mol. The van der Waals surface area contributed by atoms with Gasteiger partial charge in [0.25, 0.3) is 0 Å². The van der Waals surface area contributed by atoms with Crippen LogP contribution in [0.1, 0.15) is 25.3 Å². The number of aromatic nitrogens is 2. The topological polar surface area (TPSA) is 65.6 Å². The first kappa shape index (κ1) is 23.1. The summed E-state index contributed by atoms with van der Waals surface area (Å²) in [6, 6.07) is 14.0. The second kappa shape index (κ2) is 10.3. The second-order valence-corrected chi connectivity index (χ2v) is 9.00. The van der Waals surface area contributed by atoms with Gasteiger partial charge in [-0.05, 0) is 49.4 Å². The lowest BCUT2D eigenvalue weighted by molar-refractivity contribution is 0.313. The summed E-state index contributed by atoms with van der Waals surface area (Å²) in [7, 11) is 3.77. The zero-order valence-corrected chi connectivity index (χ0v) is 20.4. The summed E-state index contributed by atoms with van der Waals surface area (Å²) in [6.07, 6.45) is 1.87. The van der Waals surface area contributed by atoms with Crippen molar-refractivity contribution in [2.45, 2.75) is 19.8 Å². The van der Waals surface area contributed by atoms with Gasteiger partial charge in [-0.15, -0.1) is 0 Å². The molecule has 1 aliphatic heterocycles. The SMILES string of the molecule is COc1cc(Nc2nc(Nc3ccc(N4CCN(C)CC4)cc3)ncc2C(C)C)ccc1Cl. The Morgan fingerprint density at radius 2 is 1.67 bits per heavy atom. The Balaban J connectivity index is 1.51. The Kier molecular flexibility index (Phi) is 7.20. The fourth-order valence-corrected chi connectivity index (χ4v) is 3.99. The third-order valence-corrected chi connectivity index (χ3v) is 6.16. The van der Waals surface area contributed by atoms with Crippen LogP contribution in [0.5, 0.6) is 5.75 Å². The highest BCUT2D eigenvalue weighted by Gasteiger charge is 2.15. The van der Waals surface area contributed by atoms with Crippen LogP contribution in [-0.2, 0) is 0 Å². The van der Waals surface area contributed by atoms with E-state index in [0.717, 1.165) is 48.9 Å². The zero-order chi connectivity index (χ0) is 23.4. The molecule has 0 amide bonds. The van der Waals surface area contributed by atoms with E-state index in [1.54, 1.807) is 13.2 Å². The van der Waals surface area contributed by atoms with E-state index >= 15 is 0 Å². The predicted molar refractivity (Wildman–Crippen MR) is 137 cm³/mol. The summed E-state index contributed by atoms with van der Waals surface area (Å²) in [6.45, 7) is 8.52. The largest absolute Gasteiger partial charge is 0.495 e. The third-order valence-electron chi connectivity index (χ3n) is 5.84. The quantitative estimate of drug-likeness (QED) is 0.476. The van der Waals surface area contributed by atoms with Gasteiger partial charge in [0, 0.05) is 61.1 Å². The van der Waals surface area contributed by atoms with Crippen LogP contribution in [0.4, 0.5) is 28.8 Å². The lowest BCUT2D eigenvalue weighted by Gasteiger charge is -2.34. The Labute approximate surface area is 200 Å². The van der Waals surface area contributed by atoms with Gasteiger partial charge >= 0.3 is 0 Å². The molecule has 8 heteroatoms. The minimum absolute atomic E-state index is 0.263. The maximum atomic E-state index is 6.17. The van der Waals surface area contributed by atoms with Crippen LogP contribution in [-0.4, -0.2) is 55.2 Å². The van der Waals surface area contributed by atoms with Gasteiger partial charge in [0.05, 0.1) is 12.1 Å². The number of benzene rings is 2. The van der Waals surface area contributed by atoms with E-state index in [0.29, 0.717) is 16.7 Å². The number of hydrogen-bond acceptors (Lipinski definition) is 7. The van der Waals surface area contributed by atoms with E-state index in [2.05, 4.69) is 70.6 Å². The van der Waals surface area contributed by atoms with Crippen LogP contribution < -0.4 is 20.3 Å². The normalized spacial score (nSPS) is 14.4. The van der Waals surface area contributed by atoms with Crippen LogP contribution in [0.2, 0.25) is 5.02 Å². The number of hydrogen-bond donors (Lipinski definition) is 2. The van der Waals surface area contributed by atoms with Crippen LogP contribution >= 0.6 is 11.6 Å². The van der Waals surface area contributed by atoms with Crippen LogP contribution in [0.3, 0.4) is 0 Å². The molecule has 0 radical (unpaired) electrons. The average Bonchev–Trinajstić information content (AvgIpc) is 2.81. The Hall–Kier alpha value is -3.03. The predicted octanol–water partition coefficient (Wildman–Crippen LogP) is 5.50. The molecule has 0 unspecified atom stereocenters. The van der Waals surface area contributed by atoms with Gasteiger partial charge in [-0.3, -0.25) is 0 Å². The van der Waals surface area contributed by atoms with Gasteiger partial charge in [0.1, 0.15) is 11.6 Å². The van der Waals surface area contributed by atoms with Crippen molar-refractivity contribution in [1.29, 1.82) is 0 Å². The summed E-state index contributed by atoms with van der Waals surface area (Å²) in [5.41, 5.74) is 4.06. The van der Waals surface area contributed by atoms with Crippen molar-refractivity contribution in [3.05, 3.63) is 59.2 Å². The Bertz CT molecular complexity index is 1080. The summed E-state index contributed by atoms with van der Waals surface area (Å²) in [5, 5.41) is 7.29. The molecule has 2 heterocycles. The number of piperazine rings is 1. The molecule has 33 heavy (non-hydrogen) atoms. The van der Waals surface area contributed by atoms with Gasteiger partial charge in [-0.2, -0.15) is 4.98 Å². The Morgan fingerprint density at radius 3 is 2.33 bits per heavy atom. The third kappa shape index (κ3) is 5.67. The molecule has 1 aliphatic rings. The molecule has 0 aliphatic carbocycles. The highest BCUT2D eigenvalue weighted by molar-refractivity contribution is 6.32. The van der Waals surface area contributed by atoms with Crippen LogP contribution in [0.25, 0.3) is 0 Å². The number of nitrogens with zero attached hydrogens (tertiary/aromatic N) is 4. The number of anilines is 5. The van der Waals surface area contributed by atoms with Crippen molar-refractivity contribution in [3.63, 3.8) is 0 Å². The number of nitrogens with one attached hydrogen (secondary N) is 2. The molecule has 1 aromatic heterocycles. The van der Waals surface area contributed by atoms with Crippen molar-refractivity contribution in [2.24, 2.45) is 0 Å². The average molecular weight is 467 g/mol. The lowest BCUT2D eigenvalue weighted by Crippen LogP contribution is -2.44. The number of methoxy groups -OCH3 is 1. The van der Waals surface area contributed by atoms with Gasteiger partial charge < -0.3 is 25.2 Å². The van der Waals surface area contributed by atoms with Gasteiger partial charge in [-0.25, -0.2) is 4.98 Å².